The van der Waals surface area contributed by atoms with Crippen molar-refractivity contribution < 1.29 is 4.79 Å². The third kappa shape index (κ3) is 2.62. The summed E-state index contributed by atoms with van der Waals surface area (Å²) in [7, 11) is 1.78. The lowest BCUT2D eigenvalue weighted by Gasteiger charge is -2.05. The van der Waals surface area contributed by atoms with Gasteiger partial charge in [0.1, 0.15) is 18.1 Å². The number of nitrogens with one attached hydrogen (secondary N) is 1. The van der Waals surface area contributed by atoms with Crippen LogP contribution in [0.1, 0.15) is 0 Å². The third-order valence-electron chi connectivity index (χ3n) is 2.81. The highest BCUT2D eigenvalue weighted by Gasteiger charge is 2.08. The second kappa shape index (κ2) is 5.30. The van der Waals surface area contributed by atoms with E-state index >= 15 is 0 Å². The second-order valence-electron chi connectivity index (χ2n) is 4.26. The van der Waals surface area contributed by atoms with Crippen molar-refractivity contribution in [2.24, 2.45) is 7.05 Å². The SMILES string of the molecule is Cn1nccc1NC(=O)Cn1ccc(-c2cccs2)n1. The maximum absolute atomic E-state index is 11.9. The maximum atomic E-state index is 11.9. The van der Waals surface area contributed by atoms with Crippen molar-refractivity contribution in [3.63, 3.8) is 0 Å². The fourth-order valence-corrected chi connectivity index (χ4v) is 2.52. The molecule has 3 aromatic rings. The zero-order valence-corrected chi connectivity index (χ0v) is 11.7. The first-order valence-electron chi connectivity index (χ1n) is 6.07. The van der Waals surface area contributed by atoms with Gasteiger partial charge >= 0.3 is 0 Å². The molecule has 1 N–H and O–H groups in total. The number of hydrogen-bond acceptors (Lipinski definition) is 4. The Bertz CT molecular complexity index is 713. The largest absolute Gasteiger partial charge is 0.309 e. The monoisotopic (exact) mass is 287 g/mol. The molecule has 6 nitrogen and oxygen atoms in total. The number of thiophene rings is 1. The molecule has 0 aromatic carbocycles. The molecule has 0 bridgehead atoms. The quantitative estimate of drug-likeness (QED) is 0.798. The van der Waals surface area contributed by atoms with E-state index in [1.165, 1.54) is 0 Å². The van der Waals surface area contributed by atoms with Crippen LogP contribution >= 0.6 is 11.3 Å². The number of aromatic nitrogens is 4. The highest BCUT2D eigenvalue weighted by molar-refractivity contribution is 7.13. The normalized spacial score (nSPS) is 10.7. The predicted octanol–water partition coefficient (Wildman–Crippen LogP) is 1.98. The first-order chi connectivity index (χ1) is 9.72. The molecule has 0 saturated carbocycles. The minimum absolute atomic E-state index is 0.130. The lowest BCUT2D eigenvalue weighted by molar-refractivity contribution is -0.116. The van der Waals surface area contributed by atoms with Crippen LogP contribution < -0.4 is 5.32 Å². The Hall–Kier alpha value is -2.41. The van der Waals surface area contributed by atoms with Crippen LogP contribution in [0.3, 0.4) is 0 Å². The van der Waals surface area contributed by atoms with Crippen LogP contribution in [0.5, 0.6) is 0 Å². The summed E-state index contributed by atoms with van der Waals surface area (Å²) in [4.78, 5) is 13.0. The van der Waals surface area contributed by atoms with Crippen molar-refractivity contribution in [3.8, 4) is 10.6 Å². The Labute approximate surface area is 119 Å². The molecule has 3 rings (SSSR count). The number of aryl methyl sites for hydroxylation is 1. The van der Waals surface area contributed by atoms with Gasteiger partial charge in [0.2, 0.25) is 5.91 Å². The van der Waals surface area contributed by atoms with Gasteiger partial charge in [-0.05, 0) is 17.5 Å². The molecule has 0 unspecified atom stereocenters. The smallest absolute Gasteiger partial charge is 0.247 e. The van der Waals surface area contributed by atoms with Gasteiger partial charge in [-0.1, -0.05) is 6.07 Å². The minimum atomic E-state index is -0.130. The van der Waals surface area contributed by atoms with E-state index in [0.717, 1.165) is 10.6 Å². The second-order valence-corrected chi connectivity index (χ2v) is 5.21. The van der Waals surface area contributed by atoms with Crippen molar-refractivity contribution >= 4 is 23.1 Å². The lowest BCUT2D eigenvalue weighted by Crippen LogP contribution is -2.20. The Balaban J connectivity index is 1.66. The number of hydrogen-bond donors (Lipinski definition) is 1. The molecule has 7 heteroatoms. The molecular formula is C13H13N5OS. The highest BCUT2D eigenvalue weighted by atomic mass is 32.1. The van der Waals surface area contributed by atoms with Crippen molar-refractivity contribution in [2.75, 3.05) is 5.32 Å². The summed E-state index contributed by atoms with van der Waals surface area (Å²) >= 11 is 1.63. The number of rotatable bonds is 4. The van der Waals surface area contributed by atoms with E-state index in [9.17, 15) is 4.79 Å². The molecule has 0 aliphatic carbocycles. The van der Waals surface area contributed by atoms with Crippen molar-refractivity contribution in [3.05, 3.63) is 42.0 Å². The van der Waals surface area contributed by atoms with Crippen LogP contribution in [-0.2, 0) is 18.4 Å². The summed E-state index contributed by atoms with van der Waals surface area (Å²) in [5.74, 6) is 0.537. The van der Waals surface area contributed by atoms with Gasteiger partial charge in [-0.15, -0.1) is 11.3 Å². The molecule has 1 amide bonds. The Morgan fingerprint density at radius 1 is 1.40 bits per heavy atom. The molecule has 0 fully saturated rings. The van der Waals surface area contributed by atoms with Crippen molar-refractivity contribution in [1.29, 1.82) is 0 Å². The van der Waals surface area contributed by atoms with Crippen molar-refractivity contribution in [1.82, 2.24) is 19.6 Å². The zero-order chi connectivity index (χ0) is 13.9. The molecule has 0 aliphatic heterocycles. The minimum Gasteiger partial charge on any atom is -0.309 e. The van der Waals surface area contributed by atoms with E-state index in [0.29, 0.717) is 5.82 Å². The zero-order valence-electron chi connectivity index (χ0n) is 10.9. The molecule has 0 radical (unpaired) electrons. The van der Waals surface area contributed by atoms with E-state index in [4.69, 9.17) is 0 Å². The van der Waals surface area contributed by atoms with E-state index in [2.05, 4.69) is 15.5 Å². The highest BCUT2D eigenvalue weighted by Crippen LogP contribution is 2.22. The Morgan fingerprint density at radius 3 is 3.00 bits per heavy atom. The van der Waals surface area contributed by atoms with Crippen LogP contribution in [0, 0.1) is 0 Å². The van der Waals surface area contributed by atoms with E-state index in [1.807, 2.05) is 23.6 Å². The fourth-order valence-electron chi connectivity index (χ4n) is 1.83. The molecular weight excluding hydrogens is 274 g/mol. The van der Waals surface area contributed by atoms with Gasteiger partial charge in [0, 0.05) is 19.3 Å². The van der Waals surface area contributed by atoms with E-state index < -0.39 is 0 Å². The van der Waals surface area contributed by atoms with Crippen LogP contribution in [0.15, 0.2) is 42.0 Å². The first kappa shape index (κ1) is 12.6. The van der Waals surface area contributed by atoms with Crippen LogP contribution in [0.4, 0.5) is 5.82 Å². The standard InChI is InChI=1S/C13H13N5OS/c1-17-12(4-6-14-17)15-13(19)9-18-7-5-10(16-18)11-3-2-8-20-11/h2-8H,9H2,1H3,(H,15,19). The summed E-state index contributed by atoms with van der Waals surface area (Å²) in [5.41, 5.74) is 0.883. The van der Waals surface area contributed by atoms with Gasteiger partial charge in [0.15, 0.2) is 0 Å². The average Bonchev–Trinajstić information content (AvgIpc) is 3.12. The summed E-state index contributed by atoms with van der Waals surface area (Å²) in [6, 6.07) is 7.64. The van der Waals surface area contributed by atoms with E-state index in [1.54, 1.807) is 46.2 Å². The topological polar surface area (TPSA) is 64.7 Å². The van der Waals surface area contributed by atoms with Crippen LogP contribution in [0.25, 0.3) is 10.6 Å². The summed E-state index contributed by atoms with van der Waals surface area (Å²) in [5, 5.41) is 13.2. The molecule has 20 heavy (non-hydrogen) atoms. The molecule has 0 atom stereocenters. The number of carbonyl (C=O) groups is 1. The predicted molar refractivity (Wildman–Crippen MR) is 77.4 cm³/mol. The summed E-state index contributed by atoms with van der Waals surface area (Å²) < 4.78 is 3.23. The average molecular weight is 287 g/mol. The van der Waals surface area contributed by atoms with Gasteiger partial charge in [0.25, 0.3) is 0 Å². The molecule has 0 saturated heterocycles. The van der Waals surface area contributed by atoms with Gasteiger partial charge in [-0.2, -0.15) is 10.2 Å². The maximum Gasteiger partial charge on any atom is 0.247 e. The van der Waals surface area contributed by atoms with Crippen LogP contribution in [-0.4, -0.2) is 25.5 Å². The fraction of sp³-hybridized carbons (Fsp3) is 0.154. The molecule has 0 spiro atoms. The molecule has 0 aliphatic rings. The first-order valence-corrected chi connectivity index (χ1v) is 6.95. The molecule has 102 valence electrons. The third-order valence-corrected chi connectivity index (χ3v) is 3.70. The van der Waals surface area contributed by atoms with Crippen LogP contribution in [0.2, 0.25) is 0 Å². The lowest BCUT2D eigenvalue weighted by atomic mass is 10.3. The Kier molecular flexibility index (Phi) is 3.34. The van der Waals surface area contributed by atoms with Gasteiger partial charge in [-0.25, -0.2) is 0 Å². The number of anilines is 1. The summed E-state index contributed by atoms with van der Waals surface area (Å²) in [6.07, 6.45) is 3.44. The molecule has 3 aromatic heterocycles. The van der Waals surface area contributed by atoms with Gasteiger partial charge < -0.3 is 5.32 Å². The van der Waals surface area contributed by atoms with Gasteiger partial charge in [0.05, 0.1) is 11.1 Å². The number of carbonyl (C=O) groups excluding carboxylic acids is 1. The van der Waals surface area contributed by atoms with Crippen molar-refractivity contribution in [2.45, 2.75) is 6.54 Å². The number of amides is 1. The Morgan fingerprint density at radius 2 is 2.30 bits per heavy atom. The van der Waals surface area contributed by atoms with E-state index in [-0.39, 0.29) is 12.5 Å². The number of nitrogens with zero attached hydrogens (tertiary/aromatic N) is 4. The van der Waals surface area contributed by atoms with Gasteiger partial charge in [-0.3, -0.25) is 14.2 Å². The molecule has 3 heterocycles. The summed E-state index contributed by atoms with van der Waals surface area (Å²) in [6.45, 7) is 0.177.